The minimum absolute atomic E-state index is 0.194. The molecule has 3 atom stereocenters. The molecule has 0 aromatic heterocycles. The summed E-state index contributed by atoms with van der Waals surface area (Å²) in [6.07, 6.45) is 1.19. The summed E-state index contributed by atoms with van der Waals surface area (Å²) in [4.78, 5) is 13.5. The molecule has 86 valence electrons. The SMILES string of the molecule is CC(C)(C)OC(=O)N1CC2CC1CC2O. The van der Waals surface area contributed by atoms with Gasteiger partial charge in [0.05, 0.1) is 6.10 Å². The van der Waals surface area contributed by atoms with Crippen molar-refractivity contribution in [3.63, 3.8) is 0 Å². The Bertz CT molecular complexity index is 269. The molecule has 4 heteroatoms. The molecule has 1 N–H and O–H groups in total. The Morgan fingerprint density at radius 2 is 2.07 bits per heavy atom. The van der Waals surface area contributed by atoms with Crippen LogP contribution >= 0.6 is 0 Å². The van der Waals surface area contributed by atoms with Crippen LogP contribution in [0.2, 0.25) is 0 Å². The van der Waals surface area contributed by atoms with Gasteiger partial charge in [0.1, 0.15) is 5.60 Å². The second-order valence-electron chi connectivity index (χ2n) is 5.59. The highest BCUT2D eigenvalue weighted by Crippen LogP contribution is 2.38. The molecule has 2 rings (SSSR count). The number of aliphatic hydroxyl groups excluding tert-OH is 1. The van der Waals surface area contributed by atoms with Gasteiger partial charge in [-0.2, -0.15) is 0 Å². The molecule has 1 saturated heterocycles. The molecule has 2 aliphatic rings. The van der Waals surface area contributed by atoms with Gasteiger partial charge in [0.2, 0.25) is 0 Å². The zero-order chi connectivity index (χ0) is 11.2. The standard InChI is InChI=1S/C11H19NO3/c1-11(2,3)15-10(14)12-6-7-4-8(12)5-9(7)13/h7-9,13H,4-6H2,1-3H3. The summed E-state index contributed by atoms with van der Waals surface area (Å²) in [6, 6.07) is 0.194. The van der Waals surface area contributed by atoms with Crippen LogP contribution < -0.4 is 0 Å². The third-order valence-electron chi connectivity index (χ3n) is 3.13. The predicted molar refractivity (Wildman–Crippen MR) is 55.5 cm³/mol. The highest BCUT2D eigenvalue weighted by atomic mass is 16.6. The summed E-state index contributed by atoms with van der Waals surface area (Å²) in [5.74, 6) is 0.266. The van der Waals surface area contributed by atoms with E-state index >= 15 is 0 Å². The number of rotatable bonds is 0. The van der Waals surface area contributed by atoms with Crippen molar-refractivity contribution in [2.24, 2.45) is 5.92 Å². The highest BCUT2D eigenvalue weighted by Gasteiger charge is 2.46. The minimum Gasteiger partial charge on any atom is -0.444 e. The minimum atomic E-state index is -0.433. The van der Waals surface area contributed by atoms with E-state index in [1.807, 2.05) is 20.8 Å². The normalized spacial score (nSPS) is 34.7. The topological polar surface area (TPSA) is 49.8 Å². The molecule has 1 saturated carbocycles. The Balaban J connectivity index is 1.94. The Hall–Kier alpha value is -0.770. The molecule has 1 aliphatic heterocycles. The molecule has 0 spiro atoms. The fourth-order valence-corrected chi connectivity index (χ4v) is 2.47. The number of likely N-dealkylation sites (tertiary alicyclic amines) is 1. The van der Waals surface area contributed by atoms with E-state index in [1.165, 1.54) is 0 Å². The number of nitrogens with zero attached hydrogens (tertiary/aromatic N) is 1. The van der Waals surface area contributed by atoms with Gasteiger partial charge >= 0.3 is 6.09 Å². The second kappa shape index (κ2) is 3.37. The van der Waals surface area contributed by atoms with Gasteiger partial charge in [-0.25, -0.2) is 4.79 Å². The summed E-state index contributed by atoms with van der Waals surface area (Å²) >= 11 is 0. The van der Waals surface area contributed by atoms with Gasteiger partial charge in [0, 0.05) is 18.5 Å². The fourth-order valence-electron chi connectivity index (χ4n) is 2.47. The molecule has 2 fully saturated rings. The lowest BCUT2D eigenvalue weighted by Crippen LogP contribution is -2.44. The lowest BCUT2D eigenvalue weighted by molar-refractivity contribution is 0.00788. The van der Waals surface area contributed by atoms with E-state index in [1.54, 1.807) is 4.90 Å². The number of fused-ring (bicyclic) bond motifs is 2. The van der Waals surface area contributed by atoms with E-state index in [-0.39, 0.29) is 24.2 Å². The number of aliphatic hydroxyl groups is 1. The average Bonchev–Trinajstić information content (AvgIpc) is 2.58. The van der Waals surface area contributed by atoms with Gasteiger partial charge < -0.3 is 14.7 Å². The highest BCUT2D eigenvalue weighted by molar-refractivity contribution is 5.69. The molecule has 3 unspecified atom stereocenters. The van der Waals surface area contributed by atoms with E-state index in [0.717, 1.165) is 6.42 Å². The van der Waals surface area contributed by atoms with Crippen LogP contribution in [0.15, 0.2) is 0 Å². The van der Waals surface area contributed by atoms with Crippen LogP contribution in [0.1, 0.15) is 33.6 Å². The van der Waals surface area contributed by atoms with E-state index in [2.05, 4.69) is 0 Å². The van der Waals surface area contributed by atoms with Crippen molar-refractivity contribution in [1.82, 2.24) is 4.90 Å². The molecule has 1 amide bonds. The van der Waals surface area contributed by atoms with Crippen LogP contribution in [0.3, 0.4) is 0 Å². The predicted octanol–water partition coefficient (Wildman–Crippen LogP) is 1.38. The number of carbonyl (C=O) groups is 1. The fraction of sp³-hybridized carbons (Fsp3) is 0.909. The van der Waals surface area contributed by atoms with Gasteiger partial charge in [0.25, 0.3) is 0 Å². The third-order valence-corrected chi connectivity index (χ3v) is 3.13. The maximum Gasteiger partial charge on any atom is 0.410 e. The summed E-state index contributed by atoms with van der Waals surface area (Å²) in [5, 5.41) is 9.57. The summed E-state index contributed by atoms with van der Waals surface area (Å²) in [6.45, 7) is 6.26. The number of amides is 1. The number of ether oxygens (including phenoxy) is 1. The van der Waals surface area contributed by atoms with Crippen LogP contribution in [0, 0.1) is 5.92 Å². The van der Waals surface area contributed by atoms with Gasteiger partial charge in [-0.3, -0.25) is 0 Å². The van der Waals surface area contributed by atoms with Crippen LogP contribution in [-0.4, -0.2) is 40.4 Å². The maximum absolute atomic E-state index is 11.8. The van der Waals surface area contributed by atoms with Crippen LogP contribution in [0.25, 0.3) is 0 Å². The molecule has 0 radical (unpaired) electrons. The number of carbonyl (C=O) groups excluding carboxylic acids is 1. The van der Waals surface area contributed by atoms with Crippen molar-refractivity contribution in [3.05, 3.63) is 0 Å². The number of hydrogen-bond donors (Lipinski definition) is 1. The molecule has 0 aromatic rings. The number of hydrogen-bond acceptors (Lipinski definition) is 3. The molecule has 0 aromatic carbocycles. The zero-order valence-electron chi connectivity index (χ0n) is 9.56. The Labute approximate surface area is 90.2 Å². The average molecular weight is 213 g/mol. The van der Waals surface area contributed by atoms with Crippen molar-refractivity contribution < 1.29 is 14.6 Å². The molecular formula is C11H19NO3. The van der Waals surface area contributed by atoms with Crippen molar-refractivity contribution in [2.45, 2.75) is 51.4 Å². The van der Waals surface area contributed by atoms with Gasteiger partial charge in [-0.15, -0.1) is 0 Å². The van der Waals surface area contributed by atoms with E-state index in [4.69, 9.17) is 4.74 Å². The molecule has 1 aliphatic carbocycles. The lowest BCUT2D eigenvalue weighted by atomic mass is 10.1. The van der Waals surface area contributed by atoms with Gasteiger partial charge in [-0.1, -0.05) is 0 Å². The van der Waals surface area contributed by atoms with E-state index in [9.17, 15) is 9.90 Å². The first-order valence-corrected chi connectivity index (χ1v) is 5.54. The summed E-state index contributed by atoms with van der Waals surface area (Å²) in [7, 11) is 0. The first-order chi connectivity index (χ1) is 6.87. The molecule has 1 heterocycles. The Kier molecular flexibility index (Phi) is 2.41. The summed E-state index contributed by atoms with van der Waals surface area (Å²) in [5.41, 5.74) is -0.433. The largest absolute Gasteiger partial charge is 0.444 e. The second-order valence-corrected chi connectivity index (χ2v) is 5.59. The summed E-state index contributed by atoms with van der Waals surface area (Å²) < 4.78 is 5.31. The zero-order valence-corrected chi connectivity index (χ0v) is 9.56. The van der Waals surface area contributed by atoms with Crippen molar-refractivity contribution in [1.29, 1.82) is 0 Å². The van der Waals surface area contributed by atoms with E-state index in [0.29, 0.717) is 13.0 Å². The van der Waals surface area contributed by atoms with E-state index < -0.39 is 5.60 Å². The first-order valence-electron chi connectivity index (χ1n) is 5.54. The maximum atomic E-state index is 11.8. The first kappa shape index (κ1) is 10.7. The lowest BCUT2D eigenvalue weighted by Gasteiger charge is -2.31. The van der Waals surface area contributed by atoms with Crippen molar-refractivity contribution in [3.8, 4) is 0 Å². The molecule has 2 bridgehead atoms. The van der Waals surface area contributed by atoms with Crippen molar-refractivity contribution in [2.75, 3.05) is 6.54 Å². The quantitative estimate of drug-likeness (QED) is 0.661. The number of piperidine rings is 1. The third kappa shape index (κ3) is 2.09. The Morgan fingerprint density at radius 3 is 2.47 bits per heavy atom. The smallest absolute Gasteiger partial charge is 0.410 e. The Morgan fingerprint density at radius 1 is 1.40 bits per heavy atom. The van der Waals surface area contributed by atoms with Gasteiger partial charge in [0.15, 0.2) is 0 Å². The molecule has 4 nitrogen and oxygen atoms in total. The van der Waals surface area contributed by atoms with Crippen LogP contribution in [0.5, 0.6) is 0 Å². The molecular weight excluding hydrogens is 194 g/mol. The van der Waals surface area contributed by atoms with Crippen LogP contribution in [-0.2, 0) is 4.74 Å². The molecule has 15 heavy (non-hydrogen) atoms. The van der Waals surface area contributed by atoms with Gasteiger partial charge in [-0.05, 0) is 33.6 Å². The monoisotopic (exact) mass is 213 g/mol. The van der Waals surface area contributed by atoms with Crippen LogP contribution in [0.4, 0.5) is 4.79 Å². The van der Waals surface area contributed by atoms with Crippen molar-refractivity contribution >= 4 is 6.09 Å².